The first kappa shape index (κ1) is 17.9. The molecule has 2 amide bonds. The van der Waals surface area contributed by atoms with Gasteiger partial charge in [-0.05, 0) is 24.6 Å². The highest BCUT2D eigenvalue weighted by Crippen LogP contribution is 2.21. The summed E-state index contributed by atoms with van der Waals surface area (Å²) in [5.74, 6) is -0.208. The summed E-state index contributed by atoms with van der Waals surface area (Å²) >= 11 is 1.62. The predicted octanol–water partition coefficient (Wildman–Crippen LogP) is 3.15. The zero-order valence-corrected chi connectivity index (χ0v) is 15.1. The van der Waals surface area contributed by atoms with Gasteiger partial charge in [-0.15, -0.1) is 11.3 Å². The molecule has 0 aliphatic carbocycles. The first-order chi connectivity index (χ1) is 12.6. The predicted molar refractivity (Wildman–Crippen MR) is 99.8 cm³/mol. The van der Waals surface area contributed by atoms with E-state index in [1.165, 1.54) is 6.26 Å². The van der Waals surface area contributed by atoms with Crippen LogP contribution in [0.15, 0.2) is 52.5 Å². The highest BCUT2D eigenvalue weighted by Gasteiger charge is 2.09. The second kappa shape index (κ2) is 8.44. The lowest BCUT2D eigenvalue weighted by Crippen LogP contribution is -2.30. The fourth-order valence-electron chi connectivity index (χ4n) is 2.36. The van der Waals surface area contributed by atoms with Crippen molar-refractivity contribution in [3.05, 3.63) is 64.4 Å². The van der Waals surface area contributed by atoms with Gasteiger partial charge in [-0.1, -0.05) is 24.3 Å². The number of carbonyl (C=O) groups is 2. The molecule has 7 heteroatoms. The molecule has 0 saturated carbocycles. The van der Waals surface area contributed by atoms with E-state index in [1.54, 1.807) is 23.5 Å². The van der Waals surface area contributed by atoms with E-state index >= 15 is 0 Å². The Hall–Kier alpha value is -2.93. The van der Waals surface area contributed by atoms with Crippen LogP contribution in [0.25, 0.3) is 11.3 Å². The molecule has 2 heterocycles. The van der Waals surface area contributed by atoms with Crippen molar-refractivity contribution < 1.29 is 14.0 Å². The number of amides is 2. The lowest BCUT2D eigenvalue weighted by molar-refractivity contribution is -0.121. The maximum absolute atomic E-state index is 11.9. The summed E-state index contributed by atoms with van der Waals surface area (Å²) in [7, 11) is 0. The Bertz CT molecular complexity index is 870. The number of carbonyl (C=O) groups excluding carboxylic acids is 2. The van der Waals surface area contributed by atoms with Crippen molar-refractivity contribution in [1.29, 1.82) is 0 Å². The topological polar surface area (TPSA) is 84.2 Å². The molecule has 3 rings (SSSR count). The zero-order valence-electron chi connectivity index (χ0n) is 14.3. The molecular weight excluding hydrogens is 350 g/mol. The Morgan fingerprint density at radius 3 is 2.62 bits per heavy atom. The summed E-state index contributed by atoms with van der Waals surface area (Å²) < 4.78 is 4.98. The monoisotopic (exact) mass is 369 g/mol. The molecule has 3 aromatic rings. The number of benzene rings is 1. The standard InChI is InChI=1S/C19H19N3O3S/c1-13-22-16(12-26-13)15-6-4-14(5-7-15)11-21-18(23)8-9-20-19(24)17-3-2-10-25-17/h2-7,10,12H,8-9,11H2,1H3,(H,20,24)(H,21,23). The summed E-state index contributed by atoms with van der Waals surface area (Å²) in [6.07, 6.45) is 1.64. The third kappa shape index (κ3) is 4.80. The van der Waals surface area contributed by atoms with Gasteiger partial charge in [-0.25, -0.2) is 4.98 Å². The third-order valence-electron chi connectivity index (χ3n) is 3.74. The first-order valence-corrected chi connectivity index (χ1v) is 9.09. The average Bonchev–Trinajstić information content (AvgIpc) is 3.32. The van der Waals surface area contributed by atoms with Crippen LogP contribution in [0, 0.1) is 6.92 Å². The summed E-state index contributed by atoms with van der Waals surface area (Å²) in [5, 5.41) is 8.55. The number of aryl methyl sites for hydroxylation is 1. The Labute approximate surface area is 155 Å². The molecule has 0 saturated heterocycles. The SMILES string of the molecule is Cc1nc(-c2ccc(CNC(=O)CCNC(=O)c3ccco3)cc2)cs1. The molecule has 0 fully saturated rings. The van der Waals surface area contributed by atoms with Gasteiger partial charge in [0.2, 0.25) is 5.91 Å². The van der Waals surface area contributed by atoms with Gasteiger partial charge >= 0.3 is 0 Å². The summed E-state index contributed by atoms with van der Waals surface area (Å²) in [4.78, 5) is 28.0. The van der Waals surface area contributed by atoms with Gasteiger partial charge in [0.15, 0.2) is 5.76 Å². The van der Waals surface area contributed by atoms with Crippen LogP contribution in [0.3, 0.4) is 0 Å². The molecule has 1 aromatic carbocycles. The van der Waals surface area contributed by atoms with Crippen molar-refractivity contribution >= 4 is 23.2 Å². The fraction of sp³-hybridized carbons (Fsp3) is 0.211. The van der Waals surface area contributed by atoms with Gasteiger partial charge in [-0.3, -0.25) is 9.59 Å². The number of hydrogen-bond acceptors (Lipinski definition) is 5. The van der Waals surface area contributed by atoms with Crippen molar-refractivity contribution in [1.82, 2.24) is 15.6 Å². The number of furan rings is 1. The Morgan fingerprint density at radius 1 is 1.15 bits per heavy atom. The largest absolute Gasteiger partial charge is 0.459 e. The van der Waals surface area contributed by atoms with Crippen LogP contribution < -0.4 is 10.6 Å². The van der Waals surface area contributed by atoms with Gasteiger partial charge in [-0.2, -0.15) is 0 Å². The van der Waals surface area contributed by atoms with Crippen molar-refractivity contribution in [3.8, 4) is 11.3 Å². The molecule has 2 aromatic heterocycles. The molecule has 26 heavy (non-hydrogen) atoms. The summed E-state index contributed by atoms with van der Waals surface area (Å²) in [6.45, 7) is 2.68. The van der Waals surface area contributed by atoms with Crippen molar-refractivity contribution in [2.24, 2.45) is 0 Å². The Morgan fingerprint density at radius 2 is 1.96 bits per heavy atom. The smallest absolute Gasteiger partial charge is 0.286 e. The average molecular weight is 369 g/mol. The van der Waals surface area contributed by atoms with Gasteiger partial charge in [0.1, 0.15) is 0 Å². The quantitative estimate of drug-likeness (QED) is 0.670. The van der Waals surface area contributed by atoms with Gasteiger partial charge < -0.3 is 15.1 Å². The van der Waals surface area contributed by atoms with E-state index in [2.05, 4.69) is 15.6 Å². The molecule has 6 nitrogen and oxygen atoms in total. The second-order valence-corrected chi connectivity index (χ2v) is 6.77. The lowest BCUT2D eigenvalue weighted by Gasteiger charge is -2.07. The van der Waals surface area contributed by atoms with Crippen molar-refractivity contribution in [2.45, 2.75) is 19.9 Å². The van der Waals surface area contributed by atoms with E-state index in [9.17, 15) is 9.59 Å². The maximum Gasteiger partial charge on any atom is 0.286 e. The van der Waals surface area contributed by atoms with Crippen LogP contribution >= 0.6 is 11.3 Å². The molecule has 0 radical (unpaired) electrons. The van der Waals surface area contributed by atoms with Gasteiger partial charge in [0.05, 0.1) is 17.0 Å². The second-order valence-electron chi connectivity index (χ2n) is 5.71. The van der Waals surface area contributed by atoms with Crippen molar-refractivity contribution in [3.63, 3.8) is 0 Å². The first-order valence-electron chi connectivity index (χ1n) is 8.21. The van der Waals surface area contributed by atoms with Crippen LogP contribution in [0.4, 0.5) is 0 Å². The van der Waals surface area contributed by atoms with E-state index in [1.807, 2.05) is 36.6 Å². The number of aromatic nitrogens is 1. The number of nitrogens with zero attached hydrogens (tertiary/aromatic N) is 1. The molecule has 0 spiro atoms. The minimum atomic E-state index is -0.323. The number of rotatable bonds is 7. The van der Waals surface area contributed by atoms with Gasteiger partial charge in [0, 0.05) is 30.5 Å². The normalized spacial score (nSPS) is 10.5. The molecule has 134 valence electrons. The van der Waals surface area contributed by atoms with Crippen LogP contribution in [-0.4, -0.2) is 23.3 Å². The van der Waals surface area contributed by atoms with E-state index in [0.29, 0.717) is 6.54 Å². The molecule has 0 atom stereocenters. The minimum Gasteiger partial charge on any atom is -0.459 e. The molecular formula is C19H19N3O3S. The highest BCUT2D eigenvalue weighted by atomic mass is 32.1. The number of hydrogen-bond donors (Lipinski definition) is 2. The van der Waals surface area contributed by atoms with Crippen LogP contribution in [0.2, 0.25) is 0 Å². The molecule has 0 unspecified atom stereocenters. The molecule has 0 aliphatic heterocycles. The van der Waals surface area contributed by atoms with Crippen molar-refractivity contribution in [2.75, 3.05) is 6.54 Å². The summed E-state index contributed by atoms with van der Waals surface area (Å²) in [5.41, 5.74) is 3.04. The Balaban J connectivity index is 1.41. The molecule has 2 N–H and O–H groups in total. The zero-order chi connectivity index (χ0) is 18.4. The van der Waals surface area contributed by atoms with Crippen LogP contribution in [-0.2, 0) is 11.3 Å². The lowest BCUT2D eigenvalue weighted by atomic mass is 10.1. The minimum absolute atomic E-state index is 0.121. The van der Waals surface area contributed by atoms with E-state index in [0.717, 1.165) is 21.8 Å². The third-order valence-corrected chi connectivity index (χ3v) is 4.51. The van der Waals surface area contributed by atoms with E-state index < -0.39 is 0 Å². The van der Waals surface area contributed by atoms with E-state index in [4.69, 9.17) is 4.42 Å². The number of thiazole rings is 1. The highest BCUT2D eigenvalue weighted by molar-refractivity contribution is 7.09. The van der Waals surface area contributed by atoms with E-state index in [-0.39, 0.29) is 30.5 Å². The van der Waals surface area contributed by atoms with Crippen LogP contribution in [0.1, 0.15) is 27.5 Å². The fourth-order valence-corrected chi connectivity index (χ4v) is 2.98. The maximum atomic E-state index is 11.9. The molecule has 0 aliphatic rings. The van der Waals surface area contributed by atoms with Crippen LogP contribution in [0.5, 0.6) is 0 Å². The Kier molecular flexibility index (Phi) is 5.80. The summed E-state index contributed by atoms with van der Waals surface area (Å²) in [6, 6.07) is 11.2. The van der Waals surface area contributed by atoms with Gasteiger partial charge in [0.25, 0.3) is 5.91 Å². The number of nitrogens with one attached hydrogen (secondary N) is 2. The molecule has 0 bridgehead atoms.